The summed E-state index contributed by atoms with van der Waals surface area (Å²) in [5.41, 5.74) is -0.0441. The summed E-state index contributed by atoms with van der Waals surface area (Å²) in [6.45, 7) is 8.89. The van der Waals surface area contributed by atoms with Crippen molar-refractivity contribution in [3.8, 4) is 0 Å². The van der Waals surface area contributed by atoms with E-state index in [0.717, 1.165) is 19.5 Å². The number of hydrogen-bond donors (Lipinski definition) is 1. The third-order valence-corrected chi connectivity index (χ3v) is 3.20. The fourth-order valence-corrected chi connectivity index (χ4v) is 1.92. The van der Waals surface area contributed by atoms with Gasteiger partial charge < -0.3 is 10.0 Å². The van der Waals surface area contributed by atoms with Crippen LogP contribution in [0.2, 0.25) is 0 Å². The van der Waals surface area contributed by atoms with E-state index in [1.54, 1.807) is 0 Å². The van der Waals surface area contributed by atoms with Crippen molar-refractivity contribution < 1.29 is 9.90 Å². The van der Waals surface area contributed by atoms with E-state index in [-0.39, 0.29) is 11.3 Å². The van der Waals surface area contributed by atoms with Gasteiger partial charge in [0.2, 0.25) is 0 Å². The van der Waals surface area contributed by atoms with Gasteiger partial charge in [0.05, 0.1) is 5.92 Å². The van der Waals surface area contributed by atoms with E-state index in [4.69, 9.17) is 5.11 Å². The monoisotopic (exact) mass is 185 g/mol. The summed E-state index contributed by atoms with van der Waals surface area (Å²) in [6, 6.07) is 0. The highest BCUT2D eigenvalue weighted by molar-refractivity contribution is 5.71. The topological polar surface area (TPSA) is 40.5 Å². The average molecular weight is 185 g/mol. The molecule has 1 atom stereocenters. The molecule has 3 nitrogen and oxygen atoms in total. The summed E-state index contributed by atoms with van der Waals surface area (Å²) >= 11 is 0. The summed E-state index contributed by atoms with van der Waals surface area (Å²) in [6.07, 6.45) is 0.984. The van der Waals surface area contributed by atoms with Gasteiger partial charge in [0.1, 0.15) is 0 Å². The van der Waals surface area contributed by atoms with Crippen molar-refractivity contribution >= 4 is 5.97 Å². The van der Waals surface area contributed by atoms with Crippen LogP contribution in [0.4, 0.5) is 0 Å². The molecule has 0 amide bonds. The fourth-order valence-electron chi connectivity index (χ4n) is 1.92. The third-order valence-electron chi connectivity index (χ3n) is 3.20. The second-order valence-electron chi connectivity index (χ2n) is 4.52. The van der Waals surface area contributed by atoms with Crippen molar-refractivity contribution in [2.75, 3.05) is 19.6 Å². The number of likely N-dealkylation sites (tertiary alicyclic amines) is 1. The number of rotatable bonds is 2. The summed E-state index contributed by atoms with van der Waals surface area (Å²) in [5.74, 6) is -0.857. The zero-order chi connectivity index (χ0) is 10.1. The number of carbonyl (C=O) groups is 1. The molecule has 1 heterocycles. The molecule has 1 rings (SSSR count). The van der Waals surface area contributed by atoms with Gasteiger partial charge in [-0.3, -0.25) is 4.79 Å². The van der Waals surface area contributed by atoms with Gasteiger partial charge in [-0.25, -0.2) is 0 Å². The molecule has 1 N–H and O–H groups in total. The van der Waals surface area contributed by atoms with Crippen molar-refractivity contribution in [3.05, 3.63) is 0 Å². The van der Waals surface area contributed by atoms with Crippen LogP contribution in [0.5, 0.6) is 0 Å². The molecule has 13 heavy (non-hydrogen) atoms. The first kappa shape index (κ1) is 10.5. The number of carboxylic acid groups (broad SMARTS) is 1. The highest BCUT2D eigenvalue weighted by atomic mass is 16.4. The maximum atomic E-state index is 11.0. The Kier molecular flexibility index (Phi) is 2.96. The maximum Gasteiger partial charge on any atom is 0.308 e. The normalized spacial score (nSPS) is 28.7. The van der Waals surface area contributed by atoms with Crippen LogP contribution >= 0.6 is 0 Å². The molecule has 0 aromatic carbocycles. The van der Waals surface area contributed by atoms with E-state index < -0.39 is 5.97 Å². The van der Waals surface area contributed by atoms with Crippen molar-refractivity contribution in [2.24, 2.45) is 11.3 Å². The molecule has 1 aliphatic heterocycles. The van der Waals surface area contributed by atoms with Crippen LogP contribution in [0.3, 0.4) is 0 Å². The zero-order valence-corrected chi connectivity index (χ0v) is 8.71. The number of nitrogens with zero attached hydrogens (tertiary/aromatic N) is 1. The first-order chi connectivity index (χ1) is 5.97. The molecule has 0 saturated carbocycles. The molecule has 0 spiro atoms. The van der Waals surface area contributed by atoms with Gasteiger partial charge in [0, 0.05) is 6.54 Å². The van der Waals surface area contributed by atoms with Gasteiger partial charge in [-0.2, -0.15) is 0 Å². The van der Waals surface area contributed by atoms with Crippen LogP contribution in [0.1, 0.15) is 27.2 Å². The Bertz CT molecular complexity index is 201. The van der Waals surface area contributed by atoms with Crippen molar-refractivity contribution in [3.63, 3.8) is 0 Å². The zero-order valence-electron chi connectivity index (χ0n) is 8.71. The highest BCUT2D eigenvalue weighted by Gasteiger charge is 2.39. The minimum absolute atomic E-state index is 0.0441. The van der Waals surface area contributed by atoms with Gasteiger partial charge in [-0.15, -0.1) is 0 Å². The number of hydrogen-bond acceptors (Lipinski definition) is 2. The molecule has 0 bridgehead atoms. The lowest BCUT2D eigenvalue weighted by Crippen LogP contribution is -2.47. The van der Waals surface area contributed by atoms with Crippen LogP contribution in [-0.2, 0) is 4.79 Å². The number of aliphatic carboxylic acids is 1. The SMILES string of the molecule is CCN1CCC(C)(C)C(C(=O)O)C1. The number of carboxylic acids is 1. The molecule has 1 fully saturated rings. The summed E-state index contributed by atoms with van der Waals surface area (Å²) in [5, 5.41) is 9.06. The predicted octanol–water partition coefficient (Wildman–Crippen LogP) is 1.44. The molecule has 1 unspecified atom stereocenters. The molecule has 1 saturated heterocycles. The largest absolute Gasteiger partial charge is 0.481 e. The van der Waals surface area contributed by atoms with Crippen LogP contribution in [0.25, 0.3) is 0 Å². The first-order valence-corrected chi connectivity index (χ1v) is 4.92. The van der Waals surface area contributed by atoms with E-state index in [9.17, 15) is 4.79 Å². The summed E-state index contributed by atoms with van der Waals surface area (Å²) in [4.78, 5) is 13.2. The second-order valence-corrected chi connectivity index (χ2v) is 4.52. The van der Waals surface area contributed by atoms with Gasteiger partial charge in [-0.1, -0.05) is 20.8 Å². The molecule has 76 valence electrons. The van der Waals surface area contributed by atoms with E-state index >= 15 is 0 Å². The average Bonchev–Trinajstić information content (AvgIpc) is 2.03. The van der Waals surface area contributed by atoms with Gasteiger partial charge in [-0.05, 0) is 24.9 Å². The Labute approximate surface area is 79.7 Å². The molecule has 0 aliphatic carbocycles. The Balaban J connectivity index is 2.69. The van der Waals surface area contributed by atoms with E-state index in [1.165, 1.54) is 0 Å². The lowest BCUT2D eigenvalue weighted by atomic mass is 9.73. The second kappa shape index (κ2) is 3.66. The number of piperidine rings is 1. The van der Waals surface area contributed by atoms with Crippen molar-refractivity contribution in [1.82, 2.24) is 4.90 Å². The summed E-state index contributed by atoms with van der Waals surface area (Å²) in [7, 11) is 0. The predicted molar refractivity (Wildman–Crippen MR) is 51.6 cm³/mol. The Morgan fingerprint density at radius 3 is 2.69 bits per heavy atom. The van der Waals surface area contributed by atoms with Crippen LogP contribution in [-0.4, -0.2) is 35.6 Å². The Hall–Kier alpha value is -0.570. The minimum atomic E-state index is -0.650. The molecule has 0 aromatic heterocycles. The minimum Gasteiger partial charge on any atom is -0.481 e. The van der Waals surface area contributed by atoms with E-state index in [0.29, 0.717) is 6.54 Å². The third kappa shape index (κ3) is 2.21. The Morgan fingerprint density at radius 2 is 2.23 bits per heavy atom. The standard InChI is InChI=1S/C10H19NO2/c1-4-11-6-5-10(2,3)8(7-11)9(12)13/h8H,4-7H2,1-3H3,(H,12,13). The van der Waals surface area contributed by atoms with Gasteiger partial charge in [0.15, 0.2) is 0 Å². The molecule has 0 aromatic rings. The van der Waals surface area contributed by atoms with Gasteiger partial charge in [0.25, 0.3) is 0 Å². The summed E-state index contributed by atoms with van der Waals surface area (Å²) < 4.78 is 0. The molecular formula is C10H19NO2. The quantitative estimate of drug-likeness (QED) is 0.707. The molecule has 3 heteroatoms. The van der Waals surface area contributed by atoms with Crippen molar-refractivity contribution in [1.29, 1.82) is 0 Å². The fraction of sp³-hybridized carbons (Fsp3) is 0.900. The van der Waals surface area contributed by atoms with Crippen molar-refractivity contribution in [2.45, 2.75) is 27.2 Å². The van der Waals surface area contributed by atoms with Gasteiger partial charge >= 0.3 is 5.97 Å². The first-order valence-electron chi connectivity index (χ1n) is 4.92. The van der Waals surface area contributed by atoms with E-state index in [1.807, 2.05) is 0 Å². The van der Waals surface area contributed by atoms with Crippen LogP contribution in [0, 0.1) is 11.3 Å². The molecule has 0 radical (unpaired) electrons. The lowest BCUT2D eigenvalue weighted by molar-refractivity contribution is -0.149. The lowest BCUT2D eigenvalue weighted by Gasteiger charge is -2.41. The maximum absolute atomic E-state index is 11.0. The smallest absolute Gasteiger partial charge is 0.308 e. The van der Waals surface area contributed by atoms with Crippen LogP contribution in [0.15, 0.2) is 0 Å². The Morgan fingerprint density at radius 1 is 1.62 bits per heavy atom. The van der Waals surface area contributed by atoms with E-state index in [2.05, 4.69) is 25.7 Å². The molecular weight excluding hydrogens is 166 g/mol. The molecule has 1 aliphatic rings. The van der Waals surface area contributed by atoms with Crippen LogP contribution < -0.4 is 0 Å². The highest BCUT2D eigenvalue weighted by Crippen LogP contribution is 2.35.